The summed E-state index contributed by atoms with van der Waals surface area (Å²) in [5.41, 5.74) is 4.18. The number of hydrogen-bond donors (Lipinski definition) is 0. The molecular formula is C15H12N5+. The van der Waals surface area contributed by atoms with E-state index in [1.165, 1.54) is 4.57 Å². The van der Waals surface area contributed by atoms with Gasteiger partial charge in [0.15, 0.2) is 5.52 Å². The summed E-state index contributed by atoms with van der Waals surface area (Å²) in [6.45, 7) is -1.71. The first-order chi connectivity index (χ1) is 11.1. The van der Waals surface area contributed by atoms with Gasteiger partial charge in [-0.3, -0.25) is 9.97 Å². The standard InChI is InChI=1S/C15H12N5/c1-18-14-11-3-2-4-17-12(11)9-20(14)13-7-10-8-16-5-6-19(10)15(13)18/h2-8H,9H2,1H3/q+1/i1D3. The Hall–Kier alpha value is -2.69. The van der Waals surface area contributed by atoms with Crippen LogP contribution < -0.4 is 4.57 Å². The molecule has 5 heterocycles. The second-order valence-electron chi connectivity index (χ2n) is 4.97. The Morgan fingerprint density at radius 1 is 1.40 bits per heavy atom. The van der Waals surface area contributed by atoms with Crippen LogP contribution in [0.1, 0.15) is 9.81 Å². The average Bonchev–Trinajstić information content (AvgIpc) is 3.13. The van der Waals surface area contributed by atoms with Crippen LogP contribution in [0.5, 0.6) is 0 Å². The molecule has 5 heteroatoms. The highest BCUT2D eigenvalue weighted by molar-refractivity contribution is 5.83. The summed E-state index contributed by atoms with van der Waals surface area (Å²) in [5, 5.41) is 0. The van der Waals surface area contributed by atoms with Gasteiger partial charge in [-0.15, -0.1) is 0 Å². The minimum atomic E-state index is -2.28. The number of fused-ring (bicyclic) bond motifs is 7. The maximum absolute atomic E-state index is 8.03. The SMILES string of the molecule is [2H]C([2H])([2H])[n+]1c2n(c3cc4cnccn4c31)Cc1ncccc1-2. The Morgan fingerprint density at radius 2 is 2.40 bits per heavy atom. The van der Waals surface area contributed by atoms with Gasteiger partial charge in [0.25, 0.3) is 5.65 Å². The van der Waals surface area contributed by atoms with Gasteiger partial charge in [-0.25, -0.2) is 13.5 Å². The van der Waals surface area contributed by atoms with E-state index < -0.39 is 6.98 Å². The zero-order chi connectivity index (χ0) is 15.8. The molecule has 0 saturated heterocycles. The molecule has 0 fully saturated rings. The van der Waals surface area contributed by atoms with Crippen molar-refractivity contribution in [2.45, 2.75) is 6.54 Å². The maximum atomic E-state index is 8.03. The monoisotopic (exact) mass is 265 g/mol. The lowest BCUT2D eigenvalue weighted by molar-refractivity contribution is -0.636. The largest absolute Gasteiger partial charge is 0.273 e. The number of rotatable bonds is 0. The van der Waals surface area contributed by atoms with Crippen molar-refractivity contribution in [2.75, 3.05) is 0 Å². The quantitative estimate of drug-likeness (QED) is 0.398. The van der Waals surface area contributed by atoms with Gasteiger partial charge in [0, 0.05) is 12.3 Å². The second-order valence-corrected chi connectivity index (χ2v) is 4.97. The molecule has 0 bridgehead atoms. The van der Waals surface area contributed by atoms with Gasteiger partial charge in [-0.05, 0) is 12.1 Å². The van der Waals surface area contributed by atoms with Gasteiger partial charge in [-0.2, -0.15) is 0 Å². The molecule has 0 unspecified atom stereocenters. The summed E-state index contributed by atoms with van der Waals surface area (Å²) in [6, 6.07) is 5.74. The first-order valence-electron chi connectivity index (χ1n) is 7.90. The van der Waals surface area contributed by atoms with Gasteiger partial charge < -0.3 is 0 Å². The third-order valence-corrected chi connectivity index (χ3v) is 3.94. The van der Waals surface area contributed by atoms with Gasteiger partial charge in [-0.1, -0.05) is 0 Å². The minimum Gasteiger partial charge on any atom is -0.258 e. The molecule has 0 N–H and O–H groups in total. The normalized spacial score (nSPS) is 15.9. The lowest BCUT2D eigenvalue weighted by Gasteiger charge is -1.96. The summed E-state index contributed by atoms with van der Waals surface area (Å²) < 4.78 is 29.4. The van der Waals surface area contributed by atoms with Gasteiger partial charge in [0.05, 0.1) is 40.9 Å². The molecule has 20 heavy (non-hydrogen) atoms. The van der Waals surface area contributed by atoms with Crippen molar-refractivity contribution in [3.63, 3.8) is 0 Å². The fraction of sp³-hybridized carbons (Fsp3) is 0.133. The maximum Gasteiger partial charge on any atom is 0.273 e. The van der Waals surface area contributed by atoms with Crippen molar-refractivity contribution in [3.8, 4) is 11.4 Å². The van der Waals surface area contributed by atoms with E-state index in [2.05, 4.69) is 9.97 Å². The van der Waals surface area contributed by atoms with Crippen LogP contribution in [0.2, 0.25) is 0 Å². The van der Waals surface area contributed by atoms with E-state index in [1.807, 2.05) is 27.2 Å². The van der Waals surface area contributed by atoms with Crippen molar-refractivity contribution in [2.24, 2.45) is 6.98 Å². The number of aryl methyl sites for hydroxylation is 1. The Balaban J connectivity index is 2.01. The van der Waals surface area contributed by atoms with Crippen LogP contribution in [0.3, 0.4) is 0 Å². The van der Waals surface area contributed by atoms with E-state index in [-0.39, 0.29) is 0 Å². The highest BCUT2D eigenvalue weighted by Gasteiger charge is 2.33. The molecule has 4 aromatic heterocycles. The predicted octanol–water partition coefficient (Wildman–Crippen LogP) is 1.54. The van der Waals surface area contributed by atoms with Gasteiger partial charge in [0.2, 0.25) is 5.82 Å². The molecule has 0 radical (unpaired) electrons. The molecule has 0 spiro atoms. The average molecular weight is 265 g/mol. The van der Waals surface area contributed by atoms with Crippen LogP contribution >= 0.6 is 0 Å². The summed E-state index contributed by atoms with van der Waals surface area (Å²) in [7, 11) is 0. The Bertz CT molecular complexity index is 1090. The summed E-state index contributed by atoms with van der Waals surface area (Å²) in [6.07, 6.45) is 6.92. The molecular weight excluding hydrogens is 250 g/mol. The third-order valence-electron chi connectivity index (χ3n) is 3.94. The predicted molar refractivity (Wildman–Crippen MR) is 74.2 cm³/mol. The second kappa shape index (κ2) is 3.25. The first-order valence-corrected chi connectivity index (χ1v) is 6.40. The lowest BCUT2D eigenvalue weighted by atomic mass is 10.2. The molecule has 1 aliphatic heterocycles. The lowest BCUT2D eigenvalue weighted by Crippen LogP contribution is -2.30. The van der Waals surface area contributed by atoms with E-state index in [4.69, 9.17) is 4.11 Å². The van der Waals surface area contributed by atoms with Gasteiger partial charge in [0.1, 0.15) is 12.1 Å². The molecule has 96 valence electrons. The highest BCUT2D eigenvalue weighted by atomic mass is 15.2. The van der Waals surface area contributed by atoms with Crippen molar-refractivity contribution >= 4 is 16.7 Å². The summed E-state index contributed by atoms with van der Waals surface area (Å²) >= 11 is 0. The number of nitrogens with zero attached hydrogens (tertiary/aromatic N) is 5. The number of pyridine rings is 1. The van der Waals surface area contributed by atoms with E-state index in [0.717, 1.165) is 22.3 Å². The zero-order valence-electron chi connectivity index (χ0n) is 13.5. The molecule has 0 amide bonds. The van der Waals surface area contributed by atoms with E-state index in [9.17, 15) is 0 Å². The molecule has 5 rings (SSSR count). The number of imidazole rings is 1. The van der Waals surface area contributed by atoms with Gasteiger partial charge >= 0.3 is 0 Å². The van der Waals surface area contributed by atoms with Crippen molar-refractivity contribution in [1.82, 2.24) is 18.9 Å². The Morgan fingerprint density at radius 3 is 3.35 bits per heavy atom. The Labute approximate surface area is 119 Å². The molecule has 0 aromatic carbocycles. The molecule has 0 aliphatic carbocycles. The first kappa shape index (κ1) is 7.79. The highest BCUT2D eigenvalue weighted by Crippen LogP contribution is 2.32. The molecule has 5 nitrogen and oxygen atoms in total. The van der Waals surface area contributed by atoms with Crippen LogP contribution in [0.4, 0.5) is 0 Å². The minimum absolute atomic E-state index is 0.579. The smallest absolute Gasteiger partial charge is 0.258 e. The van der Waals surface area contributed by atoms with E-state index >= 15 is 0 Å². The Kier molecular flexibility index (Phi) is 1.27. The van der Waals surface area contributed by atoms with Crippen LogP contribution in [-0.2, 0) is 13.5 Å². The van der Waals surface area contributed by atoms with Crippen LogP contribution in [0.15, 0.2) is 43.0 Å². The molecule has 0 saturated carbocycles. The third kappa shape index (κ3) is 1.02. The summed E-state index contributed by atoms with van der Waals surface area (Å²) in [5.74, 6) is 0.685. The molecule has 1 aliphatic rings. The fourth-order valence-corrected chi connectivity index (χ4v) is 3.10. The van der Waals surface area contributed by atoms with Crippen molar-refractivity contribution < 1.29 is 8.68 Å². The van der Waals surface area contributed by atoms with Crippen molar-refractivity contribution in [1.29, 1.82) is 0 Å². The molecule has 0 atom stereocenters. The fourth-order valence-electron chi connectivity index (χ4n) is 3.10. The topological polar surface area (TPSA) is 39.0 Å². The van der Waals surface area contributed by atoms with E-state index in [1.54, 1.807) is 24.8 Å². The van der Waals surface area contributed by atoms with E-state index in [0.29, 0.717) is 18.0 Å². The number of hydrogen-bond acceptors (Lipinski definition) is 2. The molecule has 4 aromatic rings. The summed E-state index contributed by atoms with van der Waals surface area (Å²) in [4.78, 5) is 8.51. The van der Waals surface area contributed by atoms with Crippen LogP contribution in [-0.4, -0.2) is 18.9 Å². The van der Waals surface area contributed by atoms with Crippen LogP contribution in [0, 0.1) is 0 Å². The number of aromatic nitrogens is 5. The van der Waals surface area contributed by atoms with Crippen LogP contribution in [0.25, 0.3) is 28.1 Å². The van der Waals surface area contributed by atoms with Crippen molar-refractivity contribution in [3.05, 3.63) is 48.7 Å². The zero-order valence-corrected chi connectivity index (χ0v) is 10.5.